The summed E-state index contributed by atoms with van der Waals surface area (Å²) < 4.78 is 5.21. The quantitative estimate of drug-likeness (QED) is 0.213. The van der Waals surface area contributed by atoms with Crippen molar-refractivity contribution in [2.75, 3.05) is 0 Å². The van der Waals surface area contributed by atoms with Crippen LogP contribution in [0.2, 0.25) is 0 Å². The second-order valence-electron chi connectivity index (χ2n) is 9.25. The minimum absolute atomic E-state index is 0.123. The Hall–Kier alpha value is -1.06. The van der Waals surface area contributed by atoms with Gasteiger partial charge in [-0.3, -0.25) is 9.59 Å². The summed E-state index contributed by atoms with van der Waals surface area (Å²) in [5.41, 5.74) is 0. The first-order chi connectivity index (χ1) is 14.4. The van der Waals surface area contributed by atoms with E-state index in [0.717, 1.165) is 31.6 Å². The van der Waals surface area contributed by atoms with Crippen LogP contribution in [0.4, 0.5) is 0 Å². The lowest BCUT2D eigenvalue weighted by molar-refractivity contribution is -0.148. The highest BCUT2D eigenvalue weighted by molar-refractivity contribution is 5.69. The molecule has 4 nitrogen and oxygen atoms in total. The van der Waals surface area contributed by atoms with E-state index in [9.17, 15) is 9.59 Å². The maximum Gasteiger partial charge on any atom is 0.306 e. The van der Waals surface area contributed by atoms with Gasteiger partial charge in [0.1, 0.15) is 6.10 Å². The van der Waals surface area contributed by atoms with Crippen LogP contribution < -0.4 is 0 Å². The van der Waals surface area contributed by atoms with Crippen LogP contribution in [0.5, 0.6) is 0 Å². The number of carboxylic acid groups (broad SMARTS) is 1. The molecule has 0 aromatic heterocycles. The molecule has 1 aliphatic carbocycles. The zero-order valence-electron chi connectivity index (χ0n) is 20.4. The maximum absolute atomic E-state index is 10.7. The van der Waals surface area contributed by atoms with E-state index in [1.54, 1.807) is 6.92 Å². The van der Waals surface area contributed by atoms with Gasteiger partial charge >= 0.3 is 11.9 Å². The summed E-state index contributed by atoms with van der Waals surface area (Å²) in [5.74, 6) is -0.0483. The van der Waals surface area contributed by atoms with Crippen molar-refractivity contribution >= 4 is 11.9 Å². The fourth-order valence-electron chi connectivity index (χ4n) is 4.15. The number of carboxylic acids is 1. The number of carbonyl (C=O) groups excluding carboxylic acids is 1. The summed E-state index contributed by atoms with van der Waals surface area (Å²) in [6, 6.07) is 0. The van der Waals surface area contributed by atoms with Crippen LogP contribution in [0.25, 0.3) is 0 Å². The highest BCUT2D eigenvalue weighted by atomic mass is 16.5. The number of hydrogen-bond acceptors (Lipinski definition) is 3. The first kappa shape index (κ1) is 28.9. The molecule has 1 fully saturated rings. The van der Waals surface area contributed by atoms with Crippen molar-refractivity contribution in [3.63, 3.8) is 0 Å². The van der Waals surface area contributed by atoms with Crippen molar-refractivity contribution in [3.05, 3.63) is 0 Å². The molecule has 0 radical (unpaired) electrons. The largest absolute Gasteiger partial charge is 0.481 e. The molecule has 0 aliphatic heterocycles. The third-order valence-electron chi connectivity index (χ3n) is 6.25. The van der Waals surface area contributed by atoms with Gasteiger partial charge in [0.05, 0.1) is 5.92 Å². The molecule has 1 rings (SSSR count). The van der Waals surface area contributed by atoms with E-state index < -0.39 is 5.97 Å². The number of ether oxygens (including phenoxy) is 1. The zero-order chi connectivity index (χ0) is 22.6. The monoisotopic (exact) mass is 426 g/mol. The highest BCUT2D eigenvalue weighted by Crippen LogP contribution is 2.29. The smallest absolute Gasteiger partial charge is 0.306 e. The fourth-order valence-corrected chi connectivity index (χ4v) is 4.15. The molecule has 178 valence electrons. The summed E-state index contributed by atoms with van der Waals surface area (Å²) in [5, 5.41) is 8.71. The first-order valence-electron chi connectivity index (χ1n) is 12.8. The third kappa shape index (κ3) is 17.8. The van der Waals surface area contributed by atoms with E-state index in [4.69, 9.17) is 9.84 Å². The van der Waals surface area contributed by atoms with Gasteiger partial charge in [0.2, 0.25) is 0 Å². The summed E-state index contributed by atoms with van der Waals surface area (Å²) in [4.78, 5) is 21.3. The van der Waals surface area contributed by atoms with Crippen LogP contribution in [-0.2, 0) is 14.3 Å². The SMILES string of the molecule is CCCCC1CCC(OC(C)=O)CC1.CCCCCCCCCCCC(C)C(=O)O. The highest BCUT2D eigenvalue weighted by Gasteiger charge is 2.22. The Bertz CT molecular complexity index is 413. The van der Waals surface area contributed by atoms with E-state index in [1.807, 2.05) is 0 Å². The van der Waals surface area contributed by atoms with Crippen LogP contribution in [0.1, 0.15) is 137 Å². The summed E-state index contributed by atoms with van der Waals surface area (Å²) in [6.07, 6.45) is 21.4. The molecule has 0 amide bonds. The molecule has 0 heterocycles. The molecule has 0 saturated heterocycles. The van der Waals surface area contributed by atoms with Gasteiger partial charge in [-0.2, -0.15) is 0 Å². The lowest BCUT2D eigenvalue weighted by Gasteiger charge is -2.27. The molecule has 1 atom stereocenters. The van der Waals surface area contributed by atoms with Crippen molar-refractivity contribution in [2.45, 2.75) is 143 Å². The molecular weight excluding hydrogens is 376 g/mol. The van der Waals surface area contributed by atoms with Gasteiger partial charge in [-0.25, -0.2) is 0 Å². The Morgan fingerprint density at radius 1 is 0.833 bits per heavy atom. The van der Waals surface area contributed by atoms with Crippen LogP contribution in [0.3, 0.4) is 0 Å². The second-order valence-corrected chi connectivity index (χ2v) is 9.25. The van der Waals surface area contributed by atoms with E-state index in [0.29, 0.717) is 0 Å². The molecule has 0 bridgehead atoms. The number of hydrogen-bond donors (Lipinski definition) is 1. The fraction of sp³-hybridized carbons (Fsp3) is 0.923. The predicted octanol–water partition coefficient (Wildman–Crippen LogP) is 7.93. The van der Waals surface area contributed by atoms with Gasteiger partial charge in [-0.05, 0) is 38.0 Å². The first-order valence-corrected chi connectivity index (χ1v) is 12.8. The van der Waals surface area contributed by atoms with Crippen molar-refractivity contribution in [1.82, 2.24) is 0 Å². The van der Waals surface area contributed by atoms with Crippen molar-refractivity contribution in [1.29, 1.82) is 0 Å². The molecule has 4 heteroatoms. The number of aliphatic carboxylic acids is 1. The molecule has 0 spiro atoms. The van der Waals surface area contributed by atoms with Gasteiger partial charge in [0.15, 0.2) is 0 Å². The van der Waals surface area contributed by atoms with Crippen LogP contribution >= 0.6 is 0 Å². The Morgan fingerprint density at radius 2 is 1.33 bits per heavy atom. The maximum atomic E-state index is 10.7. The summed E-state index contributed by atoms with van der Waals surface area (Å²) >= 11 is 0. The number of esters is 1. The average molecular weight is 427 g/mol. The topological polar surface area (TPSA) is 63.6 Å². The molecule has 0 aromatic carbocycles. The molecule has 1 aliphatic rings. The Balaban J connectivity index is 0.000000564. The van der Waals surface area contributed by atoms with Gasteiger partial charge in [0, 0.05) is 6.92 Å². The Labute approximate surface area is 186 Å². The van der Waals surface area contributed by atoms with E-state index in [1.165, 1.54) is 90.4 Å². The van der Waals surface area contributed by atoms with E-state index in [2.05, 4.69) is 13.8 Å². The molecule has 1 unspecified atom stereocenters. The van der Waals surface area contributed by atoms with Crippen molar-refractivity contribution in [3.8, 4) is 0 Å². The van der Waals surface area contributed by atoms with Gasteiger partial charge < -0.3 is 9.84 Å². The van der Waals surface area contributed by atoms with Gasteiger partial charge in [0.25, 0.3) is 0 Å². The lowest BCUT2D eigenvalue weighted by Crippen LogP contribution is -2.23. The standard InChI is InChI=1S/C14H28O2.C12H22O2/c1-3-4-5-6-7-8-9-10-11-12-13(2)14(15)16;1-3-4-5-11-6-8-12(9-7-11)14-10(2)13/h13H,3-12H2,1-2H3,(H,15,16);11-12H,3-9H2,1-2H3. The van der Waals surface area contributed by atoms with E-state index in [-0.39, 0.29) is 18.0 Å². The van der Waals surface area contributed by atoms with Crippen molar-refractivity contribution < 1.29 is 19.4 Å². The average Bonchev–Trinajstić information content (AvgIpc) is 2.72. The summed E-state index contributed by atoms with van der Waals surface area (Å²) in [6.45, 7) is 7.78. The zero-order valence-corrected chi connectivity index (χ0v) is 20.4. The van der Waals surface area contributed by atoms with Gasteiger partial charge in [-0.15, -0.1) is 0 Å². The molecular formula is C26H50O4. The minimum Gasteiger partial charge on any atom is -0.481 e. The van der Waals surface area contributed by atoms with Crippen molar-refractivity contribution in [2.24, 2.45) is 11.8 Å². The second kappa shape index (κ2) is 19.9. The molecule has 1 saturated carbocycles. The number of carbonyl (C=O) groups is 2. The molecule has 0 aromatic rings. The predicted molar refractivity (Wildman–Crippen MR) is 126 cm³/mol. The summed E-state index contributed by atoms with van der Waals surface area (Å²) in [7, 11) is 0. The molecule has 30 heavy (non-hydrogen) atoms. The van der Waals surface area contributed by atoms with Crippen LogP contribution in [0, 0.1) is 11.8 Å². The third-order valence-corrected chi connectivity index (χ3v) is 6.25. The van der Waals surface area contributed by atoms with Gasteiger partial charge in [-0.1, -0.05) is 97.8 Å². The Kier molecular flexibility index (Phi) is 19.2. The number of rotatable bonds is 15. The van der Waals surface area contributed by atoms with Crippen LogP contribution in [0.15, 0.2) is 0 Å². The normalized spacial score (nSPS) is 19.5. The lowest BCUT2D eigenvalue weighted by atomic mass is 9.84. The minimum atomic E-state index is -0.653. The van der Waals surface area contributed by atoms with E-state index >= 15 is 0 Å². The number of unbranched alkanes of at least 4 members (excludes halogenated alkanes) is 9. The Morgan fingerprint density at radius 3 is 1.80 bits per heavy atom. The van der Waals surface area contributed by atoms with Crippen LogP contribution in [-0.4, -0.2) is 23.1 Å². The molecule has 1 N–H and O–H groups in total.